The number of rotatable bonds is 7. The van der Waals surface area contributed by atoms with Crippen molar-refractivity contribution in [3.8, 4) is 5.75 Å². The minimum Gasteiger partial charge on any atom is -0.492 e. The highest BCUT2D eigenvalue weighted by Crippen LogP contribution is 2.23. The van der Waals surface area contributed by atoms with Crippen molar-refractivity contribution in [2.75, 3.05) is 27.2 Å². The van der Waals surface area contributed by atoms with Gasteiger partial charge in [0.1, 0.15) is 12.4 Å². The molecule has 3 N–H and O–H groups in total. The number of hydrogen-bond acceptors (Lipinski definition) is 4. The fourth-order valence-corrected chi connectivity index (χ4v) is 2.85. The molecule has 2 atom stereocenters. The Bertz CT molecular complexity index is 488. The van der Waals surface area contributed by atoms with Gasteiger partial charge in [-0.25, -0.2) is 0 Å². The van der Waals surface area contributed by atoms with Crippen LogP contribution in [0.4, 0.5) is 0 Å². The number of carbonyl (C=O) groups is 1. The van der Waals surface area contributed by atoms with E-state index in [1.807, 2.05) is 38.4 Å². The lowest BCUT2D eigenvalue weighted by atomic mass is 9.85. The van der Waals surface area contributed by atoms with E-state index >= 15 is 0 Å². The molecule has 0 heterocycles. The summed E-state index contributed by atoms with van der Waals surface area (Å²) in [7, 11) is 4.04. The zero-order chi connectivity index (χ0) is 16.7. The van der Waals surface area contributed by atoms with Crippen molar-refractivity contribution >= 4 is 5.91 Å². The molecular weight excluding hydrogens is 290 g/mol. The van der Waals surface area contributed by atoms with Gasteiger partial charge in [0, 0.05) is 25.0 Å². The van der Waals surface area contributed by atoms with Gasteiger partial charge in [0.2, 0.25) is 5.91 Å². The predicted octanol–water partition coefficient (Wildman–Crippen LogP) is 1.76. The van der Waals surface area contributed by atoms with E-state index < -0.39 is 0 Å². The Morgan fingerprint density at radius 1 is 1.30 bits per heavy atom. The maximum Gasteiger partial charge on any atom is 0.223 e. The lowest BCUT2D eigenvalue weighted by Crippen LogP contribution is -2.37. The van der Waals surface area contributed by atoms with Crippen LogP contribution in [-0.4, -0.2) is 44.1 Å². The third-order valence-corrected chi connectivity index (χ3v) is 4.28. The van der Waals surface area contributed by atoms with Gasteiger partial charge in [0.15, 0.2) is 0 Å². The van der Waals surface area contributed by atoms with Gasteiger partial charge >= 0.3 is 0 Å². The summed E-state index contributed by atoms with van der Waals surface area (Å²) in [5.74, 6) is 1.07. The van der Waals surface area contributed by atoms with Gasteiger partial charge in [-0.05, 0) is 51.1 Å². The predicted molar refractivity (Wildman–Crippen MR) is 92.3 cm³/mol. The molecule has 23 heavy (non-hydrogen) atoms. The largest absolute Gasteiger partial charge is 0.492 e. The maximum atomic E-state index is 12.2. The summed E-state index contributed by atoms with van der Waals surface area (Å²) in [6, 6.07) is 8.08. The Hall–Kier alpha value is -1.59. The SMILES string of the molecule is CN(C)CCOc1ccc(CNC(=O)C2CCCC(N)C2)cc1. The summed E-state index contributed by atoms with van der Waals surface area (Å²) in [5.41, 5.74) is 7.03. The summed E-state index contributed by atoms with van der Waals surface area (Å²) in [5, 5.41) is 3.02. The Kier molecular flexibility index (Phi) is 6.86. The summed E-state index contributed by atoms with van der Waals surface area (Å²) in [6.45, 7) is 2.12. The highest BCUT2D eigenvalue weighted by Gasteiger charge is 2.24. The quantitative estimate of drug-likeness (QED) is 0.803. The molecule has 0 radical (unpaired) electrons. The monoisotopic (exact) mass is 319 g/mol. The fourth-order valence-electron chi connectivity index (χ4n) is 2.85. The van der Waals surface area contributed by atoms with Crippen LogP contribution in [0.1, 0.15) is 31.2 Å². The molecule has 1 aromatic carbocycles. The first kappa shape index (κ1) is 17.8. The normalized spacial score (nSPS) is 21.2. The van der Waals surface area contributed by atoms with Crippen LogP contribution in [0.5, 0.6) is 5.75 Å². The minimum absolute atomic E-state index is 0.0763. The molecule has 0 spiro atoms. The number of benzene rings is 1. The lowest BCUT2D eigenvalue weighted by Gasteiger charge is -2.25. The van der Waals surface area contributed by atoms with E-state index in [2.05, 4.69) is 10.2 Å². The molecule has 1 aromatic rings. The molecule has 2 rings (SSSR count). The molecular formula is C18H29N3O2. The number of hydrogen-bond donors (Lipinski definition) is 2. The van der Waals surface area contributed by atoms with Crippen LogP contribution in [0.25, 0.3) is 0 Å². The standard InChI is InChI=1S/C18H29N3O2/c1-21(2)10-11-23-17-8-6-14(7-9-17)13-20-18(22)15-4-3-5-16(19)12-15/h6-9,15-16H,3-5,10-13,19H2,1-2H3,(H,20,22). The first-order chi connectivity index (χ1) is 11.0. The second kappa shape index (κ2) is 8.89. The van der Waals surface area contributed by atoms with E-state index in [4.69, 9.17) is 10.5 Å². The van der Waals surface area contributed by atoms with Crippen molar-refractivity contribution in [2.24, 2.45) is 11.7 Å². The Morgan fingerprint density at radius 3 is 2.70 bits per heavy atom. The first-order valence-corrected chi connectivity index (χ1v) is 8.44. The molecule has 128 valence electrons. The number of nitrogens with two attached hydrogens (primary N) is 1. The second-order valence-corrected chi connectivity index (χ2v) is 6.64. The van der Waals surface area contributed by atoms with E-state index in [0.717, 1.165) is 43.5 Å². The molecule has 5 nitrogen and oxygen atoms in total. The number of amides is 1. The number of likely N-dealkylation sites (N-methyl/N-ethyl adjacent to an activating group) is 1. The van der Waals surface area contributed by atoms with E-state index in [1.165, 1.54) is 0 Å². The third kappa shape index (κ3) is 6.20. The Balaban J connectivity index is 1.74. The molecule has 1 saturated carbocycles. The van der Waals surface area contributed by atoms with E-state index in [-0.39, 0.29) is 17.9 Å². The number of carbonyl (C=O) groups excluding carboxylic acids is 1. The molecule has 0 bridgehead atoms. The van der Waals surface area contributed by atoms with Crippen molar-refractivity contribution in [3.63, 3.8) is 0 Å². The Labute approximate surface area is 139 Å². The van der Waals surface area contributed by atoms with Gasteiger partial charge in [-0.1, -0.05) is 18.6 Å². The molecule has 0 saturated heterocycles. The van der Waals surface area contributed by atoms with Crippen LogP contribution in [0, 0.1) is 5.92 Å². The second-order valence-electron chi connectivity index (χ2n) is 6.64. The summed E-state index contributed by atoms with van der Waals surface area (Å²) in [6.07, 6.45) is 3.86. The lowest BCUT2D eigenvalue weighted by molar-refractivity contribution is -0.126. The molecule has 0 aromatic heterocycles. The molecule has 1 fully saturated rings. The van der Waals surface area contributed by atoms with Crippen molar-refractivity contribution in [1.82, 2.24) is 10.2 Å². The smallest absolute Gasteiger partial charge is 0.223 e. The number of nitrogens with zero attached hydrogens (tertiary/aromatic N) is 1. The minimum atomic E-state index is 0.0763. The van der Waals surface area contributed by atoms with Crippen LogP contribution in [0.2, 0.25) is 0 Å². The van der Waals surface area contributed by atoms with Gasteiger partial charge in [0.05, 0.1) is 0 Å². The third-order valence-electron chi connectivity index (χ3n) is 4.28. The summed E-state index contributed by atoms with van der Waals surface area (Å²) in [4.78, 5) is 14.3. The number of nitrogens with one attached hydrogen (secondary N) is 1. The van der Waals surface area contributed by atoms with Crippen molar-refractivity contribution in [3.05, 3.63) is 29.8 Å². The van der Waals surface area contributed by atoms with Crippen LogP contribution in [0.15, 0.2) is 24.3 Å². The average Bonchev–Trinajstić information content (AvgIpc) is 2.53. The van der Waals surface area contributed by atoms with Crippen molar-refractivity contribution < 1.29 is 9.53 Å². The van der Waals surface area contributed by atoms with Gasteiger partial charge < -0.3 is 20.7 Å². The zero-order valence-corrected chi connectivity index (χ0v) is 14.3. The molecule has 2 unspecified atom stereocenters. The summed E-state index contributed by atoms with van der Waals surface area (Å²) < 4.78 is 5.66. The Morgan fingerprint density at radius 2 is 2.04 bits per heavy atom. The average molecular weight is 319 g/mol. The molecule has 1 aliphatic carbocycles. The van der Waals surface area contributed by atoms with Gasteiger partial charge in [-0.3, -0.25) is 4.79 Å². The summed E-state index contributed by atoms with van der Waals surface area (Å²) >= 11 is 0. The van der Waals surface area contributed by atoms with E-state index in [9.17, 15) is 4.79 Å². The van der Waals surface area contributed by atoms with Gasteiger partial charge in [-0.15, -0.1) is 0 Å². The topological polar surface area (TPSA) is 67.6 Å². The highest BCUT2D eigenvalue weighted by molar-refractivity contribution is 5.78. The van der Waals surface area contributed by atoms with Crippen LogP contribution >= 0.6 is 0 Å². The molecule has 5 heteroatoms. The van der Waals surface area contributed by atoms with Gasteiger partial charge in [0.25, 0.3) is 0 Å². The van der Waals surface area contributed by atoms with Crippen LogP contribution in [0.3, 0.4) is 0 Å². The van der Waals surface area contributed by atoms with Crippen molar-refractivity contribution in [2.45, 2.75) is 38.3 Å². The van der Waals surface area contributed by atoms with Crippen LogP contribution in [-0.2, 0) is 11.3 Å². The maximum absolute atomic E-state index is 12.2. The highest BCUT2D eigenvalue weighted by atomic mass is 16.5. The molecule has 1 aliphatic rings. The van der Waals surface area contributed by atoms with Crippen molar-refractivity contribution in [1.29, 1.82) is 0 Å². The fraction of sp³-hybridized carbons (Fsp3) is 0.611. The molecule has 1 amide bonds. The van der Waals surface area contributed by atoms with Crippen LogP contribution < -0.4 is 15.8 Å². The first-order valence-electron chi connectivity index (χ1n) is 8.44. The van der Waals surface area contributed by atoms with E-state index in [1.54, 1.807) is 0 Å². The number of ether oxygens (including phenoxy) is 1. The molecule has 0 aliphatic heterocycles. The zero-order valence-electron chi connectivity index (χ0n) is 14.3. The van der Waals surface area contributed by atoms with Gasteiger partial charge in [-0.2, -0.15) is 0 Å². The van der Waals surface area contributed by atoms with E-state index in [0.29, 0.717) is 13.2 Å².